The van der Waals surface area contributed by atoms with Crippen molar-refractivity contribution in [3.63, 3.8) is 0 Å². The predicted molar refractivity (Wildman–Crippen MR) is 124 cm³/mol. The SMILES string of the molecule is c1ccc(-c2ccc(-c3cccc(-c4ccc(-c5ccccc5)s4)c3)s2)cc1. The summed E-state index contributed by atoms with van der Waals surface area (Å²) < 4.78 is 0. The molecule has 5 aromatic rings. The smallest absolute Gasteiger partial charge is 0.0349 e. The summed E-state index contributed by atoms with van der Waals surface area (Å²) in [5, 5.41) is 0. The van der Waals surface area contributed by atoms with Crippen molar-refractivity contribution >= 4 is 22.7 Å². The molecule has 0 amide bonds. The molecule has 2 aromatic heterocycles. The van der Waals surface area contributed by atoms with Crippen LogP contribution in [0.15, 0.2) is 109 Å². The van der Waals surface area contributed by atoms with Crippen molar-refractivity contribution in [1.29, 1.82) is 0 Å². The molecule has 3 aromatic carbocycles. The highest BCUT2D eigenvalue weighted by Gasteiger charge is 2.08. The lowest BCUT2D eigenvalue weighted by Crippen LogP contribution is -1.75. The third-order valence-corrected chi connectivity index (χ3v) is 7.13. The van der Waals surface area contributed by atoms with Crippen molar-refractivity contribution in [1.82, 2.24) is 0 Å². The van der Waals surface area contributed by atoms with Gasteiger partial charge in [0.25, 0.3) is 0 Å². The zero-order chi connectivity index (χ0) is 18.8. The van der Waals surface area contributed by atoms with E-state index in [1.165, 1.54) is 41.8 Å². The van der Waals surface area contributed by atoms with E-state index < -0.39 is 0 Å². The van der Waals surface area contributed by atoms with Crippen LogP contribution in [0.3, 0.4) is 0 Å². The molecule has 2 heterocycles. The van der Waals surface area contributed by atoms with Crippen LogP contribution in [0.25, 0.3) is 41.8 Å². The van der Waals surface area contributed by atoms with Crippen molar-refractivity contribution in [2.24, 2.45) is 0 Å². The Morgan fingerprint density at radius 1 is 0.321 bits per heavy atom. The molecule has 2 heteroatoms. The zero-order valence-electron chi connectivity index (χ0n) is 15.2. The summed E-state index contributed by atoms with van der Waals surface area (Å²) in [5.41, 5.74) is 5.11. The Labute approximate surface area is 173 Å². The average molecular weight is 395 g/mol. The minimum atomic E-state index is 1.28. The predicted octanol–water partition coefficient (Wildman–Crippen LogP) is 8.48. The molecular weight excluding hydrogens is 376 g/mol. The van der Waals surface area contributed by atoms with E-state index in [0.29, 0.717) is 0 Å². The molecule has 0 aliphatic rings. The molecule has 0 aliphatic heterocycles. The van der Waals surface area contributed by atoms with E-state index in [4.69, 9.17) is 0 Å². The van der Waals surface area contributed by atoms with Crippen molar-refractivity contribution in [2.45, 2.75) is 0 Å². The fraction of sp³-hybridized carbons (Fsp3) is 0. The molecule has 0 saturated carbocycles. The molecule has 5 rings (SSSR count). The molecule has 134 valence electrons. The van der Waals surface area contributed by atoms with Crippen LogP contribution in [0.4, 0.5) is 0 Å². The first-order valence-corrected chi connectivity index (χ1v) is 10.9. The third kappa shape index (κ3) is 3.45. The Kier molecular flexibility index (Phi) is 4.66. The molecule has 0 aliphatic carbocycles. The van der Waals surface area contributed by atoms with E-state index in [0.717, 1.165) is 0 Å². The maximum Gasteiger partial charge on any atom is 0.0349 e. The number of benzene rings is 3. The first-order valence-electron chi connectivity index (χ1n) is 9.28. The van der Waals surface area contributed by atoms with E-state index in [2.05, 4.69) is 109 Å². The summed E-state index contributed by atoms with van der Waals surface area (Å²) in [5.74, 6) is 0. The average Bonchev–Trinajstić information content (AvgIpc) is 3.46. The molecule has 0 atom stereocenters. The summed E-state index contributed by atoms with van der Waals surface area (Å²) in [4.78, 5) is 5.23. The van der Waals surface area contributed by atoms with E-state index in [-0.39, 0.29) is 0 Å². The highest BCUT2D eigenvalue weighted by molar-refractivity contribution is 7.19. The first kappa shape index (κ1) is 17.2. The van der Waals surface area contributed by atoms with E-state index in [1.54, 1.807) is 0 Å². The number of rotatable bonds is 4. The van der Waals surface area contributed by atoms with Crippen molar-refractivity contribution in [2.75, 3.05) is 0 Å². The number of hydrogen-bond donors (Lipinski definition) is 0. The Morgan fingerprint density at radius 3 is 1.11 bits per heavy atom. The van der Waals surface area contributed by atoms with Gasteiger partial charge in [-0.25, -0.2) is 0 Å². The number of hydrogen-bond acceptors (Lipinski definition) is 2. The van der Waals surface area contributed by atoms with Crippen LogP contribution in [-0.2, 0) is 0 Å². The third-order valence-electron chi connectivity index (χ3n) is 4.76. The van der Waals surface area contributed by atoms with Gasteiger partial charge in [-0.1, -0.05) is 78.9 Å². The summed E-state index contributed by atoms with van der Waals surface area (Å²) in [6.07, 6.45) is 0. The minimum Gasteiger partial charge on any atom is -0.135 e. The standard InChI is InChI=1S/C26H18S2/c1-3-8-19(9-4-1)23-14-16-25(27-23)21-12-7-13-22(18-21)26-17-15-24(28-26)20-10-5-2-6-11-20/h1-18H. The maximum atomic E-state index is 2.31. The molecule has 28 heavy (non-hydrogen) atoms. The van der Waals surface area contributed by atoms with Crippen LogP contribution in [0.1, 0.15) is 0 Å². The first-order chi connectivity index (χ1) is 13.9. The van der Waals surface area contributed by atoms with Crippen LogP contribution in [-0.4, -0.2) is 0 Å². The Hall–Kier alpha value is -2.94. The Bertz CT molecular complexity index is 1100. The van der Waals surface area contributed by atoms with Gasteiger partial charge in [0.15, 0.2) is 0 Å². The van der Waals surface area contributed by atoms with Crippen LogP contribution in [0.2, 0.25) is 0 Å². The normalized spacial score (nSPS) is 10.9. The summed E-state index contributed by atoms with van der Waals surface area (Å²) in [7, 11) is 0. The molecule has 0 N–H and O–H groups in total. The van der Waals surface area contributed by atoms with Gasteiger partial charge in [-0.2, -0.15) is 0 Å². The molecule has 0 unspecified atom stereocenters. The van der Waals surface area contributed by atoms with Gasteiger partial charge in [0, 0.05) is 19.5 Å². The highest BCUT2D eigenvalue weighted by atomic mass is 32.1. The van der Waals surface area contributed by atoms with Crippen molar-refractivity contribution < 1.29 is 0 Å². The van der Waals surface area contributed by atoms with Crippen LogP contribution < -0.4 is 0 Å². The summed E-state index contributed by atoms with van der Waals surface area (Å²) in [6.45, 7) is 0. The van der Waals surface area contributed by atoms with Crippen LogP contribution in [0.5, 0.6) is 0 Å². The zero-order valence-corrected chi connectivity index (χ0v) is 16.8. The molecule has 0 bridgehead atoms. The molecular formula is C26H18S2. The molecule has 0 saturated heterocycles. The second-order valence-electron chi connectivity index (χ2n) is 6.64. The fourth-order valence-corrected chi connectivity index (χ4v) is 5.34. The van der Waals surface area contributed by atoms with Crippen molar-refractivity contribution in [3.05, 3.63) is 109 Å². The lowest BCUT2D eigenvalue weighted by Gasteiger charge is -2.02. The summed E-state index contributed by atoms with van der Waals surface area (Å²) in [6, 6.07) is 39.0. The lowest BCUT2D eigenvalue weighted by atomic mass is 10.1. The van der Waals surface area contributed by atoms with Gasteiger partial charge in [-0.05, 0) is 52.6 Å². The highest BCUT2D eigenvalue weighted by Crippen LogP contribution is 2.38. The quantitative estimate of drug-likeness (QED) is 0.287. The molecule has 0 nitrogen and oxygen atoms in total. The second-order valence-corrected chi connectivity index (χ2v) is 8.81. The number of thiophene rings is 2. The monoisotopic (exact) mass is 394 g/mol. The minimum absolute atomic E-state index is 1.28. The van der Waals surface area contributed by atoms with E-state index in [9.17, 15) is 0 Å². The Balaban J connectivity index is 1.46. The van der Waals surface area contributed by atoms with E-state index in [1.807, 2.05) is 22.7 Å². The van der Waals surface area contributed by atoms with Gasteiger partial charge in [0.1, 0.15) is 0 Å². The van der Waals surface area contributed by atoms with Gasteiger partial charge < -0.3 is 0 Å². The van der Waals surface area contributed by atoms with Gasteiger partial charge in [0.2, 0.25) is 0 Å². The largest absolute Gasteiger partial charge is 0.135 e. The molecule has 0 fully saturated rings. The fourth-order valence-electron chi connectivity index (χ4n) is 3.33. The second kappa shape index (κ2) is 7.59. The van der Waals surface area contributed by atoms with Crippen molar-refractivity contribution in [3.8, 4) is 41.8 Å². The van der Waals surface area contributed by atoms with Gasteiger partial charge in [-0.15, -0.1) is 22.7 Å². The molecule has 0 radical (unpaired) electrons. The van der Waals surface area contributed by atoms with Gasteiger partial charge >= 0.3 is 0 Å². The van der Waals surface area contributed by atoms with Crippen LogP contribution in [0, 0.1) is 0 Å². The van der Waals surface area contributed by atoms with Crippen LogP contribution >= 0.6 is 22.7 Å². The molecule has 0 spiro atoms. The maximum absolute atomic E-state index is 2.31. The topological polar surface area (TPSA) is 0 Å². The van der Waals surface area contributed by atoms with E-state index >= 15 is 0 Å². The van der Waals surface area contributed by atoms with Gasteiger partial charge in [0.05, 0.1) is 0 Å². The summed E-state index contributed by atoms with van der Waals surface area (Å²) >= 11 is 3.70. The lowest BCUT2D eigenvalue weighted by molar-refractivity contribution is 1.68. The van der Waals surface area contributed by atoms with Gasteiger partial charge in [-0.3, -0.25) is 0 Å². The Morgan fingerprint density at radius 2 is 0.679 bits per heavy atom.